The Labute approximate surface area is 196 Å². The maximum atomic E-state index is 13.0. The van der Waals surface area contributed by atoms with Gasteiger partial charge in [-0.05, 0) is 37.0 Å². The fourth-order valence-corrected chi connectivity index (χ4v) is 4.35. The highest BCUT2D eigenvalue weighted by molar-refractivity contribution is 6.15. The van der Waals surface area contributed by atoms with Crippen LogP contribution in [-0.2, 0) is 0 Å². The normalized spacial score (nSPS) is 16.8. The third-order valence-electron chi connectivity index (χ3n) is 6.28. The zero-order chi connectivity index (χ0) is 23.7. The lowest BCUT2D eigenvalue weighted by Gasteiger charge is -2.28. The summed E-state index contributed by atoms with van der Waals surface area (Å²) in [5.41, 5.74) is 2.47. The van der Waals surface area contributed by atoms with Crippen LogP contribution >= 0.6 is 0 Å². The Bertz CT molecular complexity index is 1370. The number of ketones is 1. The number of nitrogens with zero attached hydrogens (tertiary/aromatic N) is 2. The number of ether oxygens (including phenoxy) is 2. The molecule has 5 rings (SSSR count). The van der Waals surface area contributed by atoms with Gasteiger partial charge in [0.1, 0.15) is 11.3 Å². The number of benzene rings is 2. The van der Waals surface area contributed by atoms with Gasteiger partial charge in [-0.2, -0.15) is 5.10 Å². The number of para-hydroxylation sites is 1. The van der Waals surface area contributed by atoms with Crippen molar-refractivity contribution < 1.29 is 24.2 Å². The molecule has 2 aromatic carbocycles. The van der Waals surface area contributed by atoms with E-state index in [1.165, 1.54) is 4.90 Å². The van der Waals surface area contributed by atoms with Crippen LogP contribution in [0, 0.1) is 17.8 Å². The van der Waals surface area contributed by atoms with Gasteiger partial charge in [0.05, 0.1) is 23.9 Å². The van der Waals surface area contributed by atoms with Gasteiger partial charge in [-0.25, -0.2) is 4.79 Å². The maximum absolute atomic E-state index is 13.0. The van der Waals surface area contributed by atoms with Crippen LogP contribution in [-0.4, -0.2) is 52.3 Å². The van der Waals surface area contributed by atoms with E-state index in [0.717, 1.165) is 23.7 Å². The molecule has 8 nitrogen and oxygen atoms in total. The molecule has 3 aromatic rings. The number of carboxylic acid groups (broad SMARTS) is 1. The van der Waals surface area contributed by atoms with Gasteiger partial charge in [0, 0.05) is 31.0 Å². The minimum Gasteiger partial charge on any atom is -0.495 e. The largest absolute Gasteiger partial charge is 0.495 e. The highest BCUT2D eigenvalue weighted by Gasteiger charge is 2.31. The van der Waals surface area contributed by atoms with Crippen molar-refractivity contribution >= 4 is 28.9 Å². The van der Waals surface area contributed by atoms with Crippen molar-refractivity contribution in [3.8, 4) is 23.3 Å². The van der Waals surface area contributed by atoms with Crippen LogP contribution in [0.1, 0.15) is 40.9 Å². The van der Waals surface area contributed by atoms with E-state index in [4.69, 9.17) is 14.6 Å². The molecule has 0 radical (unpaired) electrons. The van der Waals surface area contributed by atoms with Crippen molar-refractivity contribution in [3.05, 3.63) is 59.0 Å². The molecule has 0 unspecified atom stereocenters. The van der Waals surface area contributed by atoms with Crippen LogP contribution in [0.3, 0.4) is 0 Å². The maximum Gasteiger partial charge on any atom is 0.407 e. The highest BCUT2D eigenvalue weighted by atomic mass is 16.5. The number of piperidine rings is 1. The van der Waals surface area contributed by atoms with Crippen LogP contribution in [0.2, 0.25) is 0 Å². The SMILES string of the molecule is COc1ccc2c(c1C#CCC1CCN(C(=O)O)CC1)OC(=Cc1n[nH]c3ccccc13)C2=O. The fourth-order valence-electron chi connectivity index (χ4n) is 4.35. The Balaban J connectivity index is 1.39. The van der Waals surface area contributed by atoms with E-state index < -0.39 is 6.09 Å². The number of nitrogens with one attached hydrogen (secondary N) is 1. The van der Waals surface area contributed by atoms with Crippen molar-refractivity contribution in [2.75, 3.05) is 20.2 Å². The number of rotatable bonds is 3. The van der Waals surface area contributed by atoms with E-state index in [0.29, 0.717) is 53.7 Å². The minimum absolute atomic E-state index is 0.185. The smallest absolute Gasteiger partial charge is 0.407 e. The van der Waals surface area contributed by atoms with Gasteiger partial charge in [0.25, 0.3) is 0 Å². The number of carbonyl (C=O) groups excluding carboxylic acids is 1. The quantitative estimate of drug-likeness (QED) is 0.448. The van der Waals surface area contributed by atoms with Gasteiger partial charge in [-0.15, -0.1) is 0 Å². The minimum atomic E-state index is -0.873. The van der Waals surface area contributed by atoms with Crippen molar-refractivity contribution in [3.63, 3.8) is 0 Å². The summed E-state index contributed by atoms with van der Waals surface area (Å²) in [6.07, 6.45) is 2.97. The van der Waals surface area contributed by atoms with Crippen LogP contribution < -0.4 is 9.47 Å². The number of likely N-dealkylation sites (tertiary alicyclic amines) is 1. The summed E-state index contributed by atoms with van der Waals surface area (Å²) < 4.78 is 11.5. The number of allylic oxidation sites excluding steroid dienone is 1. The number of aromatic nitrogens is 2. The molecule has 1 fully saturated rings. The van der Waals surface area contributed by atoms with E-state index in [2.05, 4.69) is 22.0 Å². The second kappa shape index (κ2) is 8.94. The van der Waals surface area contributed by atoms with Gasteiger partial charge in [0.2, 0.25) is 5.78 Å². The predicted octanol–water partition coefficient (Wildman–Crippen LogP) is 4.32. The molecule has 1 amide bonds. The number of fused-ring (bicyclic) bond motifs is 2. The third-order valence-corrected chi connectivity index (χ3v) is 6.28. The number of methoxy groups -OCH3 is 1. The number of hydrogen-bond donors (Lipinski definition) is 2. The third kappa shape index (κ3) is 3.97. The molecule has 1 saturated heterocycles. The molecule has 2 N–H and O–H groups in total. The number of carbonyl (C=O) groups is 2. The predicted molar refractivity (Wildman–Crippen MR) is 126 cm³/mol. The number of amides is 1. The summed E-state index contributed by atoms with van der Waals surface area (Å²) in [5.74, 6) is 7.55. The van der Waals surface area contributed by atoms with E-state index in [-0.39, 0.29) is 11.5 Å². The number of Topliss-reactive ketones (excluding diaryl/α,β-unsaturated/α-hetero) is 1. The molecule has 0 spiro atoms. The molecule has 0 bridgehead atoms. The molecule has 2 aliphatic heterocycles. The van der Waals surface area contributed by atoms with E-state index >= 15 is 0 Å². The molecule has 1 aromatic heterocycles. The summed E-state index contributed by atoms with van der Waals surface area (Å²) in [4.78, 5) is 25.6. The zero-order valence-corrected chi connectivity index (χ0v) is 18.6. The average molecular weight is 457 g/mol. The summed E-state index contributed by atoms with van der Waals surface area (Å²) >= 11 is 0. The Hall–Kier alpha value is -4.25. The van der Waals surface area contributed by atoms with Gasteiger partial charge in [-0.3, -0.25) is 9.89 Å². The van der Waals surface area contributed by atoms with Crippen molar-refractivity contribution in [2.45, 2.75) is 19.3 Å². The Morgan fingerprint density at radius 2 is 2.09 bits per heavy atom. The van der Waals surface area contributed by atoms with Gasteiger partial charge in [-0.1, -0.05) is 30.0 Å². The Morgan fingerprint density at radius 1 is 1.29 bits per heavy atom. The molecular weight excluding hydrogens is 434 g/mol. The van der Waals surface area contributed by atoms with Crippen LogP contribution in [0.15, 0.2) is 42.2 Å². The summed E-state index contributed by atoms with van der Waals surface area (Å²) in [6.45, 7) is 1.05. The summed E-state index contributed by atoms with van der Waals surface area (Å²) in [7, 11) is 1.55. The van der Waals surface area contributed by atoms with Gasteiger partial charge < -0.3 is 19.5 Å². The molecular formula is C26H23N3O5. The zero-order valence-electron chi connectivity index (χ0n) is 18.6. The van der Waals surface area contributed by atoms with Crippen LogP contribution in [0.25, 0.3) is 17.0 Å². The first-order chi connectivity index (χ1) is 16.5. The first-order valence-electron chi connectivity index (χ1n) is 11.1. The number of H-pyrrole nitrogens is 1. The number of hydrogen-bond acceptors (Lipinski definition) is 5. The first kappa shape index (κ1) is 21.6. The molecule has 34 heavy (non-hydrogen) atoms. The Kier molecular flexibility index (Phi) is 5.68. The highest BCUT2D eigenvalue weighted by Crippen LogP contribution is 2.39. The average Bonchev–Trinajstić information content (AvgIpc) is 3.41. The molecule has 8 heteroatoms. The van der Waals surface area contributed by atoms with Gasteiger partial charge >= 0.3 is 6.09 Å². The molecule has 0 aliphatic carbocycles. The fraction of sp³-hybridized carbons (Fsp3) is 0.269. The standard InChI is InChI=1S/C26H23N3O5/c1-33-22-10-9-19-24(30)23(15-21-17-6-2-3-8-20(17)27-28-21)34-25(19)18(22)7-4-5-16-11-13-29(14-12-16)26(31)32/h2-3,6,8-10,15-16H,5,11-14H2,1H3,(H,27,28)(H,31,32). The molecule has 2 aliphatic rings. The monoisotopic (exact) mass is 457 g/mol. The van der Waals surface area contributed by atoms with Crippen molar-refractivity contribution in [1.29, 1.82) is 0 Å². The molecule has 0 saturated carbocycles. The van der Waals surface area contributed by atoms with Crippen molar-refractivity contribution in [1.82, 2.24) is 15.1 Å². The lowest BCUT2D eigenvalue weighted by atomic mass is 9.94. The van der Waals surface area contributed by atoms with Crippen LogP contribution in [0.4, 0.5) is 4.79 Å². The van der Waals surface area contributed by atoms with Crippen molar-refractivity contribution in [2.24, 2.45) is 5.92 Å². The van der Waals surface area contributed by atoms with E-state index in [1.54, 1.807) is 25.3 Å². The topological polar surface area (TPSA) is 105 Å². The Morgan fingerprint density at radius 3 is 2.85 bits per heavy atom. The molecule has 0 atom stereocenters. The first-order valence-corrected chi connectivity index (χ1v) is 11.1. The second-order valence-corrected chi connectivity index (χ2v) is 8.33. The molecule has 172 valence electrons. The number of aromatic amines is 1. The summed E-state index contributed by atoms with van der Waals surface area (Å²) in [6, 6.07) is 11.1. The lowest BCUT2D eigenvalue weighted by molar-refractivity contribution is 0.101. The summed E-state index contributed by atoms with van der Waals surface area (Å²) in [5, 5.41) is 17.3. The lowest BCUT2D eigenvalue weighted by Crippen LogP contribution is -2.37. The van der Waals surface area contributed by atoms with Crippen LogP contribution in [0.5, 0.6) is 11.5 Å². The van der Waals surface area contributed by atoms with E-state index in [1.807, 2.05) is 24.3 Å². The second-order valence-electron chi connectivity index (χ2n) is 8.33. The van der Waals surface area contributed by atoms with E-state index in [9.17, 15) is 9.59 Å². The van der Waals surface area contributed by atoms with Gasteiger partial charge in [0.15, 0.2) is 11.5 Å². The molecule has 3 heterocycles.